The SMILES string of the molecule is CC(C)NC(C(=O)C(C)C)C1OC(O)C(O)C(O)C1O. The van der Waals surface area contributed by atoms with E-state index in [9.17, 15) is 25.2 Å². The molecule has 0 radical (unpaired) electrons. The van der Waals surface area contributed by atoms with Crippen molar-refractivity contribution in [1.29, 1.82) is 0 Å². The van der Waals surface area contributed by atoms with Gasteiger partial charge in [-0.25, -0.2) is 0 Å². The van der Waals surface area contributed by atoms with Crippen molar-refractivity contribution in [1.82, 2.24) is 5.32 Å². The van der Waals surface area contributed by atoms with Crippen molar-refractivity contribution in [2.24, 2.45) is 5.92 Å². The number of carbonyl (C=O) groups is 1. The second-order valence-corrected chi connectivity index (χ2v) is 5.82. The number of Topliss-reactive ketones (excluding diaryl/α,β-unsaturated/α-hetero) is 1. The Morgan fingerprint density at radius 3 is 2.00 bits per heavy atom. The van der Waals surface area contributed by atoms with Crippen LogP contribution in [0.15, 0.2) is 0 Å². The van der Waals surface area contributed by atoms with Gasteiger partial charge in [0.25, 0.3) is 0 Å². The molecule has 6 atom stereocenters. The Hall–Kier alpha value is -0.570. The zero-order chi connectivity index (χ0) is 15.6. The van der Waals surface area contributed by atoms with Crippen LogP contribution in [0.3, 0.4) is 0 Å². The van der Waals surface area contributed by atoms with Crippen LogP contribution >= 0.6 is 0 Å². The minimum Gasteiger partial charge on any atom is -0.388 e. The summed E-state index contributed by atoms with van der Waals surface area (Å²) >= 11 is 0. The molecule has 1 saturated heterocycles. The molecule has 0 aromatic heterocycles. The third kappa shape index (κ3) is 3.75. The molecule has 0 bridgehead atoms. The van der Waals surface area contributed by atoms with Crippen LogP contribution in [0.1, 0.15) is 27.7 Å². The highest BCUT2D eigenvalue weighted by Gasteiger charge is 2.48. The van der Waals surface area contributed by atoms with Gasteiger partial charge >= 0.3 is 0 Å². The molecule has 1 rings (SSSR count). The average molecular weight is 291 g/mol. The molecule has 7 heteroatoms. The molecule has 0 aromatic rings. The van der Waals surface area contributed by atoms with Crippen LogP contribution in [0.25, 0.3) is 0 Å². The highest BCUT2D eigenvalue weighted by molar-refractivity contribution is 5.86. The summed E-state index contributed by atoms with van der Waals surface area (Å²) in [4.78, 5) is 12.2. The second-order valence-electron chi connectivity index (χ2n) is 5.82. The zero-order valence-electron chi connectivity index (χ0n) is 12.2. The monoisotopic (exact) mass is 291 g/mol. The maximum absolute atomic E-state index is 12.2. The fourth-order valence-electron chi connectivity index (χ4n) is 2.22. The van der Waals surface area contributed by atoms with E-state index >= 15 is 0 Å². The Bertz CT molecular complexity index is 335. The molecular formula is C13H25NO6. The van der Waals surface area contributed by atoms with Gasteiger partial charge in [0.15, 0.2) is 12.1 Å². The molecule has 0 amide bonds. The van der Waals surface area contributed by atoms with E-state index in [2.05, 4.69) is 5.32 Å². The first kappa shape index (κ1) is 17.5. The van der Waals surface area contributed by atoms with Crippen LogP contribution in [-0.4, -0.2) is 69.0 Å². The van der Waals surface area contributed by atoms with Crippen LogP contribution in [-0.2, 0) is 9.53 Å². The van der Waals surface area contributed by atoms with Crippen LogP contribution < -0.4 is 5.32 Å². The van der Waals surface area contributed by atoms with E-state index in [1.807, 2.05) is 13.8 Å². The fourth-order valence-corrected chi connectivity index (χ4v) is 2.22. The normalized spacial score (nSPS) is 36.4. The predicted octanol–water partition coefficient (Wildman–Crippen LogP) is -1.62. The third-order valence-corrected chi connectivity index (χ3v) is 3.34. The summed E-state index contributed by atoms with van der Waals surface area (Å²) in [6, 6.07) is -0.929. The molecule has 1 fully saturated rings. The molecule has 6 unspecified atom stereocenters. The molecule has 118 valence electrons. The number of ether oxygens (including phenoxy) is 1. The number of carbonyl (C=O) groups excluding carboxylic acids is 1. The maximum atomic E-state index is 12.2. The van der Waals surface area contributed by atoms with Crippen LogP contribution in [0.4, 0.5) is 0 Å². The summed E-state index contributed by atoms with van der Waals surface area (Å²) in [5.74, 6) is -0.498. The Balaban J connectivity index is 2.97. The highest BCUT2D eigenvalue weighted by atomic mass is 16.6. The van der Waals surface area contributed by atoms with E-state index < -0.39 is 36.7 Å². The summed E-state index contributed by atoms with van der Waals surface area (Å²) in [6.45, 7) is 7.09. The van der Waals surface area contributed by atoms with Crippen molar-refractivity contribution in [3.63, 3.8) is 0 Å². The van der Waals surface area contributed by atoms with Gasteiger partial charge in [0.2, 0.25) is 0 Å². The van der Waals surface area contributed by atoms with Gasteiger partial charge in [0.1, 0.15) is 24.4 Å². The van der Waals surface area contributed by atoms with Crippen molar-refractivity contribution in [2.75, 3.05) is 0 Å². The van der Waals surface area contributed by atoms with Crippen LogP contribution in [0, 0.1) is 5.92 Å². The summed E-state index contributed by atoms with van der Waals surface area (Å²) in [6.07, 6.45) is -7.40. The summed E-state index contributed by atoms with van der Waals surface area (Å²) in [5.41, 5.74) is 0. The minimum absolute atomic E-state index is 0.0559. The number of aliphatic hydroxyl groups excluding tert-OH is 4. The van der Waals surface area contributed by atoms with Gasteiger partial charge in [-0.1, -0.05) is 27.7 Å². The lowest BCUT2D eigenvalue weighted by atomic mass is 9.88. The maximum Gasteiger partial charge on any atom is 0.184 e. The van der Waals surface area contributed by atoms with Crippen molar-refractivity contribution in [3.8, 4) is 0 Å². The molecule has 5 N–H and O–H groups in total. The standard InChI is InChI=1S/C13H25NO6/c1-5(2)8(15)7(14-6(3)4)12-10(17)9(16)11(18)13(19)20-12/h5-7,9-14,16-19H,1-4H3. The molecule has 20 heavy (non-hydrogen) atoms. The predicted molar refractivity (Wildman–Crippen MR) is 70.8 cm³/mol. The number of hydrogen-bond donors (Lipinski definition) is 5. The largest absolute Gasteiger partial charge is 0.388 e. The van der Waals surface area contributed by atoms with Gasteiger partial charge in [0.05, 0.1) is 6.04 Å². The van der Waals surface area contributed by atoms with Crippen LogP contribution in [0.5, 0.6) is 0 Å². The van der Waals surface area contributed by atoms with Gasteiger partial charge in [-0.2, -0.15) is 0 Å². The second kappa shape index (κ2) is 6.93. The first-order valence-corrected chi connectivity index (χ1v) is 6.84. The quantitative estimate of drug-likeness (QED) is 0.413. The Kier molecular flexibility index (Phi) is 6.06. The molecule has 0 spiro atoms. The average Bonchev–Trinajstić information content (AvgIpc) is 2.37. The first-order chi connectivity index (χ1) is 9.16. The molecule has 1 aliphatic rings. The number of aliphatic hydroxyl groups is 4. The Morgan fingerprint density at radius 1 is 1.00 bits per heavy atom. The summed E-state index contributed by atoms with van der Waals surface area (Å²) in [5, 5.41) is 41.7. The highest BCUT2D eigenvalue weighted by Crippen LogP contribution is 2.24. The van der Waals surface area contributed by atoms with Crippen LogP contribution in [0.2, 0.25) is 0 Å². The first-order valence-electron chi connectivity index (χ1n) is 6.84. The number of hydrogen-bond acceptors (Lipinski definition) is 7. The van der Waals surface area contributed by atoms with Gasteiger partial charge in [-0.15, -0.1) is 0 Å². The van der Waals surface area contributed by atoms with Gasteiger partial charge < -0.3 is 30.5 Å². The smallest absolute Gasteiger partial charge is 0.184 e. The molecule has 0 aliphatic carbocycles. The summed E-state index contributed by atoms with van der Waals surface area (Å²) < 4.78 is 5.13. The van der Waals surface area contributed by atoms with E-state index in [4.69, 9.17) is 4.74 Å². The van der Waals surface area contributed by atoms with Gasteiger partial charge in [-0.3, -0.25) is 4.79 Å². The molecule has 1 aliphatic heterocycles. The topological polar surface area (TPSA) is 119 Å². The molecule has 7 nitrogen and oxygen atoms in total. The van der Waals surface area contributed by atoms with Crippen molar-refractivity contribution >= 4 is 5.78 Å². The minimum atomic E-state index is -1.64. The lowest BCUT2D eigenvalue weighted by Gasteiger charge is -2.42. The Labute approximate surface area is 118 Å². The number of rotatable bonds is 5. The molecule has 0 saturated carbocycles. The van der Waals surface area contributed by atoms with Crippen molar-refractivity contribution in [2.45, 2.75) is 70.5 Å². The number of ketones is 1. The van der Waals surface area contributed by atoms with Crippen molar-refractivity contribution < 1.29 is 30.0 Å². The molecule has 1 heterocycles. The van der Waals surface area contributed by atoms with E-state index in [0.717, 1.165) is 0 Å². The number of nitrogens with one attached hydrogen (secondary N) is 1. The molecule has 0 aromatic carbocycles. The van der Waals surface area contributed by atoms with Crippen molar-refractivity contribution in [3.05, 3.63) is 0 Å². The molecular weight excluding hydrogens is 266 g/mol. The van der Waals surface area contributed by atoms with E-state index in [1.54, 1.807) is 13.8 Å². The Morgan fingerprint density at radius 2 is 1.55 bits per heavy atom. The lowest BCUT2D eigenvalue weighted by Crippen LogP contribution is -2.65. The zero-order valence-corrected chi connectivity index (χ0v) is 12.2. The fraction of sp³-hybridized carbons (Fsp3) is 0.923. The lowest BCUT2D eigenvalue weighted by molar-refractivity contribution is -0.285. The van der Waals surface area contributed by atoms with E-state index in [0.29, 0.717) is 0 Å². The van der Waals surface area contributed by atoms with Gasteiger partial charge in [-0.05, 0) is 0 Å². The van der Waals surface area contributed by atoms with Gasteiger partial charge in [0, 0.05) is 12.0 Å². The summed E-state index contributed by atoms with van der Waals surface area (Å²) in [7, 11) is 0. The third-order valence-electron chi connectivity index (χ3n) is 3.34. The van der Waals surface area contributed by atoms with E-state index in [-0.39, 0.29) is 17.7 Å². The van der Waals surface area contributed by atoms with E-state index in [1.165, 1.54) is 0 Å².